The van der Waals surface area contributed by atoms with Crippen LogP contribution in [0.25, 0.3) is 0 Å². The number of phenols is 1. The van der Waals surface area contributed by atoms with E-state index in [1.807, 2.05) is 6.08 Å². The molecule has 52 heavy (non-hydrogen) atoms. The van der Waals surface area contributed by atoms with Crippen LogP contribution in [-0.2, 0) is 24.6 Å². The van der Waals surface area contributed by atoms with Crippen LogP contribution in [0.4, 0.5) is 15.8 Å². The quantitative estimate of drug-likeness (QED) is 0.146. The van der Waals surface area contributed by atoms with Crippen LogP contribution in [0.15, 0.2) is 103 Å². The monoisotopic (exact) mass is 739 g/mol. The lowest BCUT2D eigenvalue weighted by Gasteiger charge is -2.50. The molecule has 2 aliphatic carbocycles. The lowest BCUT2D eigenvalue weighted by Crippen LogP contribution is -2.53. The molecule has 6 atom stereocenters. The number of halogens is 3. The van der Waals surface area contributed by atoms with Gasteiger partial charge in [-0.1, -0.05) is 59.1 Å². The summed E-state index contributed by atoms with van der Waals surface area (Å²) in [6, 6.07) is 21.7. The molecule has 2 saturated heterocycles. The number of allylic oxidation sites excluding steroid dienone is 2. The van der Waals surface area contributed by atoms with Crippen molar-refractivity contribution in [2.24, 2.45) is 23.7 Å². The first-order chi connectivity index (χ1) is 24.9. The number of rotatable bonds is 6. The Balaban J connectivity index is 1.32. The van der Waals surface area contributed by atoms with E-state index in [1.165, 1.54) is 60.7 Å². The second-order valence-electron chi connectivity index (χ2n) is 13.4. The molecular formula is C39H28Cl2FN3O7. The molecule has 4 aromatic carbocycles. The minimum absolute atomic E-state index is 0.00394. The van der Waals surface area contributed by atoms with E-state index in [2.05, 4.69) is 5.43 Å². The summed E-state index contributed by atoms with van der Waals surface area (Å²) in [5.74, 6) is -8.64. The minimum Gasteiger partial charge on any atom is -0.508 e. The van der Waals surface area contributed by atoms with Crippen LogP contribution < -0.4 is 10.3 Å². The predicted molar refractivity (Wildman–Crippen MR) is 188 cm³/mol. The summed E-state index contributed by atoms with van der Waals surface area (Å²) in [6.07, 6.45) is 1.98. The van der Waals surface area contributed by atoms with Gasteiger partial charge >= 0.3 is 5.97 Å². The largest absolute Gasteiger partial charge is 0.508 e. The second-order valence-corrected chi connectivity index (χ2v) is 14.3. The Morgan fingerprint density at radius 3 is 2.29 bits per heavy atom. The van der Waals surface area contributed by atoms with Crippen molar-refractivity contribution in [3.63, 3.8) is 0 Å². The van der Waals surface area contributed by atoms with Crippen molar-refractivity contribution in [1.82, 2.24) is 5.01 Å². The van der Waals surface area contributed by atoms with Gasteiger partial charge in [0.25, 0.3) is 11.8 Å². The number of nitrogens with zero attached hydrogens (tertiary/aromatic N) is 2. The zero-order chi connectivity index (χ0) is 36.6. The normalized spacial score (nSPS) is 26.5. The molecule has 0 aromatic heterocycles. The molecule has 2 heterocycles. The third kappa shape index (κ3) is 4.94. The van der Waals surface area contributed by atoms with Crippen LogP contribution in [0.3, 0.4) is 0 Å². The number of hydrazine groups is 1. The maximum absolute atomic E-state index is 15.2. The number of carboxylic acid groups (broad SMARTS) is 1. The number of hydrogen-bond acceptors (Lipinski definition) is 7. The maximum atomic E-state index is 15.2. The SMILES string of the molecule is O=C(O)c1cccc(N2C(=O)C3CC=C4C(CC5C(=O)N(Nc6ccc(F)cc6)C(=O)C5(c5ccc(Cl)cc5)C4c4ccc(O)cc4Cl)C3C2=O)c1. The highest BCUT2D eigenvalue weighted by atomic mass is 35.5. The van der Waals surface area contributed by atoms with Crippen LogP contribution in [0.5, 0.6) is 5.75 Å². The molecule has 3 N–H and O–H groups in total. The fourth-order valence-corrected chi connectivity index (χ4v) is 9.19. The van der Waals surface area contributed by atoms with Crippen molar-refractivity contribution in [2.45, 2.75) is 24.2 Å². The predicted octanol–water partition coefficient (Wildman–Crippen LogP) is 6.73. The Bertz CT molecular complexity index is 2250. The summed E-state index contributed by atoms with van der Waals surface area (Å²) >= 11 is 13.2. The van der Waals surface area contributed by atoms with Gasteiger partial charge < -0.3 is 10.2 Å². The first-order valence-corrected chi connectivity index (χ1v) is 17.2. The zero-order valence-electron chi connectivity index (χ0n) is 27.0. The van der Waals surface area contributed by atoms with E-state index >= 15 is 4.79 Å². The van der Waals surface area contributed by atoms with E-state index in [1.54, 1.807) is 30.3 Å². The Hall–Kier alpha value is -5.52. The number of imide groups is 2. The Labute approximate surface area is 306 Å². The average molecular weight is 741 g/mol. The van der Waals surface area contributed by atoms with Gasteiger partial charge in [0.2, 0.25) is 11.8 Å². The topological polar surface area (TPSA) is 144 Å². The molecule has 13 heteroatoms. The van der Waals surface area contributed by atoms with Crippen molar-refractivity contribution < 1.29 is 38.6 Å². The number of amides is 4. The summed E-state index contributed by atoms with van der Waals surface area (Å²) in [7, 11) is 0. The van der Waals surface area contributed by atoms with Gasteiger partial charge in [-0.25, -0.2) is 9.18 Å². The van der Waals surface area contributed by atoms with E-state index < -0.39 is 70.4 Å². The van der Waals surface area contributed by atoms with Crippen molar-refractivity contribution in [1.29, 1.82) is 0 Å². The summed E-state index contributed by atoms with van der Waals surface area (Å²) in [4.78, 5) is 71.1. The third-order valence-electron chi connectivity index (χ3n) is 10.9. The molecule has 2 aliphatic heterocycles. The summed E-state index contributed by atoms with van der Waals surface area (Å²) in [5.41, 5.74) is 3.05. The lowest BCUT2D eigenvalue weighted by molar-refractivity contribution is -0.138. The van der Waals surface area contributed by atoms with Crippen LogP contribution in [0, 0.1) is 29.5 Å². The summed E-state index contributed by atoms with van der Waals surface area (Å²) in [6.45, 7) is 0. The van der Waals surface area contributed by atoms with Crippen LogP contribution in [-0.4, -0.2) is 44.8 Å². The molecule has 3 fully saturated rings. The molecule has 6 unspecified atom stereocenters. The lowest BCUT2D eigenvalue weighted by atomic mass is 9.49. The van der Waals surface area contributed by atoms with Crippen molar-refractivity contribution in [2.75, 3.05) is 10.3 Å². The number of aromatic hydroxyl groups is 1. The first-order valence-electron chi connectivity index (χ1n) is 16.5. The van der Waals surface area contributed by atoms with Crippen molar-refractivity contribution in [3.05, 3.63) is 135 Å². The van der Waals surface area contributed by atoms with Gasteiger partial charge in [-0.2, -0.15) is 5.01 Å². The van der Waals surface area contributed by atoms with E-state index in [0.29, 0.717) is 21.7 Å². The fraction of sp³-hybridized carbons (Fsp3) is 0.205. The van der Waals surface area contributed by atoms with E-state index in [0.717, 1.165) is 9.91 Å². The number of nitrogens with one attached hydrogen (secondary N) is 1. The number of carbonyl (C=O) groups excluding carboxylic acids is 4. The van der Waals surface area contributed by atoms with Crippen LogP contribution >= 0.6 is 23.2 Å². The summed E-state index contributed by atoms with van der Waals surface area (Å²) in [5, 5.41) is 21.4. The third-order valence-corrected chi connectivity index (χ3v) is 11.5. The zero-order valence-corrected chi connectivity index (χ0v) is 28.5. The van der Waals surface area contributed by atoms with Gasteiger partial charge in [-0.15, -0.1) is 0 Å². The molecule has 10 nitrogen and oxygen atoms in total. The van der Waals surface area contributed by atoms with Gasteiger partial charge in [0.05, 0.1) is 40.1 Å². The van der Waals surface area contributed by atoms with E-state index in [4.69, 9.17) is 23.2 Å². The average Bonchev–Trinajstić information content (AvgIpc) is 3.50. The Kier molecular flexibility index (Phi) is 7.96. The van der Waals surface area contributed by atoms with Gasteiger partial charge in [0.15, 0.2) is 0 Å². The Morgan fingerprint density at radius 1 is 0.865 bits per heavy atom. The van der Waals surface area contributed by atoms with Crippen molar-refractivity contribution >= 4 is 64.2 Å². The number of benzene rings is 4. The molecule has 4 aromatic rings. The molecule has 4 amide bonds. The Morgan fingerprint density at radius 2 is 1.60 bits per heavy atom. The van der Waals surface area contributed by atoms with Crippen LogP contribution in [0.2, 0.25) is 10.0 Å². The number of aromatic carboxylic acids is 1. The van der Waals surface area contributed by atoms with E-state index in [9.17, 15) is 33.8 Å². The standard InChI is InChI=1S/C39H28Cl2FN3O7/c40-21-6-4-20(5-7-21)39-30(35(48)45(38(39)52)43-23-10-8-22(42)9-11-23)18-29-26(33(39)27-13-12-25(46)17-31(27)41)14-15-28-32(29)36(49)44(34(28)47)24-3-1-2-19(16-24)37(50)51/h1-14,16-17,28-30,32-33,43,46H,15,18H2,(H,50,51). The molecule has 262 valence electrons. The molecule has 4 aliphatic rings. The van der Waals surface area contributed by atoms with Gasteiger partial charge in [0, 0.05) is 16.0 Å². The summed E-state index contributed by atoms with van der Waals surface area (Å²) < 4.78 is 13.8. The number of hydrogen-bond donors (Lipinski definition) is 3. The number of carboxylic acids is 1. The maximum Gasteiger partial charge on any atom is 0.335 e. The molecule has 8 rings (SSSR count). The van der Waals surface area contributed by atoms with Gasteiger partial charge in [-0.05, 0) is 96.6 Å². The highest BCUT2D eigenvalue weighted by Gasteiger charge is 2.70. The van der Waals surface area contributed by atoms with Gasteiger partial charge in [0.1, 0.15) is 11.6 Å². The molecule has 0 bridgehead atoms. The molecule has 1 saturated carbocycles. The van der Waals surface area contributed by atoms with Crippen LogP contribution in [0.1, 0.15) is 40.2 Å². The molecule has 0 spiro atoms. The molecule has 0 radical (unpaired) electrons. The number of anilines is 2. The smallest absolute Gasteiger partial charge is 0.335 e. The number of fused-ring (bicyclic) bond motifs is 4. The van der Waals surface area contributed by atoms with Crippen molar-refractivity contribution in [3.8, 4) is 5.75 Å². The highest BCUT2D eigenvalue weighted by molar-refractivity contribution is 6.32. The van der Waals surface area contributed by atoms with E-state index in [-0.39, 0.29) is 40.6 Å². The number of carbonyl (C=O) groups is 5. The number of phenolic OH excluding ortho intramolecular Hbond substituents is 1. The van der Waals surface area contributed by atoms with Gasteiger partial charge in [-0.3, -0.25) is 29.5 Å². The molecular weight excluding hydrogens is 712 g/mol. The highest BCUT2D eigenvalue weighted by Crippen LogP contribution is 2.65. The second kappa shape index (κ2) is 12.3. The first kappa shape index (κ1) is 33.6. The fourth-order valence-electron chi connectivity index (χ4n) is 8.78. The minimum atomic E-state index is -1.65.